The molecule has 2 N–H and O–H groups in total. The van der Waals surface area contributed by atoms with Gasteiger partial charge in [-0.05, 0) is 25.0 Å². The van der Waals surface area contributed by atoms with E-state index < -0.39 is 0 Å². The van der Waals surface area contributed by atoms with Crippen LogP contribution in [0.25, 0.3) is 11.5 Å². The molecule has 0 spiro atoms. The predicted molar refractivity (Wildman–Crippen MR) is 136 cm³/mol. The summed E-state index contributed by atoms with van der Waals surface area (Å²) in [5.41, 5.74) is 2.15. The number of nitrogens with zero attached hydrogens (tertiary/aromatic N) is 3. The standard InChI is InChI=1S/C22H31N5OS.HI/c1-23-21(24-15-19-16-28-20(26-19)18-7-3-2-4-8-18)25-17-22(9-5-6-10-22)27-11-13-29-14-12-27;/h2-4,7-8,16H,5-6,9-15,17H2,1H3,(H2,23,24,25);1H. The minimum atomic E-state index is 0. The molecule has 8 heteroatoms. The van der Waals surface area contributed by atoms with Gasteiger partial charge in [-0.2, -0.15) is 11.8 Å². The predicted octanol–water partition coefficient (Wildman–Crippen LogP) is 3.99. The Balaban J connectivity index is 0.00000256. The molecular weight excluding hydrogens is 509 g/mol. The minimum Gasteiger partial charge on any atom is -0.444 e. The van der Waals surface area contributed by atoms with Crippen molar-refractivity contribution in [2.24, 2.45) is 4.99 Å². The Labute approximate surface area is 200 Å². The third kappa shape index (κ3) is 5.70. The van der Waals surface area contributed by atoms with Gasteiger partial charge in [-0.3, -0.25) is 9.89 Å². The SMILES string of the molecule is CN=C(NCc1coc(-c2ccccc2)n1)NCC1(N2CCSCC2)CCCC1.I. The number of hydrogen-bond donors (Lipinski definition) is 2. The van der Waals surface area contributed by atoms with Gasteiger partial charge < -0.3 is 15.1 Å². The second-order valence-corrected chi connectivity index (χ2v) is 9.04. The molecule has 1 aliphatic heterocycles. The third-order valence-corrected chi connectivity index (χ3v) is 6.98. The second-order valence-electron chi connectivity index (χ2n) is 7.82. The van der Waals surface area contributed by atoms with Crippen molar-refractivity contribution >= 4 is 41.7 Å². The first-order valence-corrected chi connectivity index (χ1v) is 11.7. The van der Waals surface area contributed by atoms with Crippen LogP contribution in [0.15, 0.2) is 46.0 Å². The van der Waals surface area contributed by atoms with Crippen molar-refractivity contribution in [1.29, 1.82) is 0 Å². The summed E-state index contributed by atoms with van der Waals surface area (Å²) in [5, 5.41) is 6.98. The lowest BCUT2D eigenvalue weighted by Gasteiger charge is -2.43. The zero-order valence-corrected chi connectivity index (χ0v) is 20.7. The highest BCUT2D eigenvalue weighted by molar-refractivity contribution is 14.0. The van der Waals surface area contributed by atoms with Gasteiger partial charge in [0.05, 0.1) is 12.2 Å². The van der Waals surface area contributed by atoms with Gasteiger partial charge in [-0.25, -0.2) is 4.98 Å². The summed E-state index contributed by atoms with van der Waals surface area (Å²) >= 11 is 2.08. The fourth-order valence-corrected chi connectivity index (χ4v) is 5.32. The molecule has 0 atom stereocenters. The molecule has 2 aromatic rings. The summed E-state index contributed by atoms with van der Waals surface area (Å²) in [6.07, 6.45) is 6.94. The summed E-state index contributed by atoms with van der Waals surface area (Å²) in [4.78, 5) is 11.7. The van der Waals surface area contributed by atoms with Gasteiger partial charge in [0.15, 0.2) is 5.96 Å². The Hall–Kier alpha value is -1.26. The van der Waals surface area contributed by atoms with Crippen LogP contribution in [0.2, 0.25) is 0 Å². The maximum absolute atomic E-state index is 5.63. The van der Waals surface area contributed by atoms with E-state index in [9.17, 15) is 0 Å². The number of aliphatic imine (C=N–C) groups is 1. The van der Waals surface area contributed by atoms with E-state index >= 15 is 0 Å². The highest BCUT2D eigenvalue weighted by Gasteiger charge is 2.39. The summed E-state index contributed by atoms with van der Waals surface area (Å²) in [5.74, 6) is 3.99. The molecule has 2 heterocycles. The molecule has 1 saturated heterocycles. The lowest BCUT2D eigenvalue weighted by molar-refractivity contribution is 0.107. The molecule has 1 aliphatic carbocycles. The second kappa shape index (κ2) is 11.4. The van der Waals surface area contributed by atoms with Crippen molar-refractivity contribution in [3.8, 4) is 11.5 Å². The van der Waals surface area contributed by atoms with E-state index in [2.05, 4.69) is 37.3 Å². The molecule has 6 nitrogen and oxygen atoms in total. The van der Waals surface area contributed by atoms with Crippen molar-refractivity contribution in [1.82, 2.24) is 20.5 Å². The molecule has 1 aromatic heterocycles. The van der Waals surface area contributed by atoms with E-state index in [0.717, 1.165) is 23.8 Å². The van der Waals surface area contributed by atoms with Crippen LogP contribution in [-0.4, -0.2) is 59.6 Å². The number of oxazole rings is 1. The van der Waals surface area contributed by atoms with Gasteiger partial charge >= 0.3 is 0 Å². The zero-order valence-electron chi connectivity index (χ0n) is 17.6. The number of aromatic nitrogens is 1. The number of nitrogens with one attached hydrogen (secondary N) is 2. The maximum atomic E-state index is 5.63. The normalized spacial score (nSPS) is 19.3. The van der Waals surface area contributed by atoms with Gasteiger partial charge in [0, 0.05) is 49.3 Å². The minimum absolute atomic E-state index is 0. The van der Waals surface area contributed by atoms with Crippen LogP contribution in [0, 0.1) is 0 Å². The molecule has 30 heavy (non-hydrogen) atoms. The van der Waals surface area contributed by atoms with Gasteiger partial charge in [-0.15, -0.1) is 24.0 Å². The Morgan fingerprint density at radius 2 is 1.90 bits per heavy atom. The Kier molecular flexibility index (Phi) is 8.88. The van der Waals surface area contributed by atoms with Gasteiger partial charge in [0.25, 0.3) is 0 Å². The average molecular weight is 542 g/mol. The van der Waals surface area contributed by atoms with E-state index in [1.54, 1.807) is 6.26 Å². The number of guanidine groups is 1. The van der Waals surface area contributed by atoms with Crippen LogP contribution in [0.3, 0.4) is 0 Å². The first-order valence-electron chi connectivity index (χ1n) is 10.6. The van der Waals surface area contributed by atoms with Crippen molar-refractivity contribution < 1.29 is 4.42 Å². The largest absolute Gasteiger partial charge is 0.444 e. The third-order valence-electron chi connectivity index (χ3n) is 6.03. The average Bonchev–Trinajstić information content (AvgIpc) is 3.46. The van der Waals surface area contributed by atoms with Crippen LogP contribution in [0.4, 0.5) is 0 Å². The lowest BCUT2D eigenvalue weighted by Crippen LogP contribution is -2.57. The van der Waals surface area contributed by atoms with Crippen molar-refractivity contribution in [2.75, 3.05) is 38.2 Å². The van der Waals surface area contributed by atoms with E-state index in [4.69, 9.17) is 4.42 Å². The van der Waals surface area contributed by atoms with Gasteiger partial charge in [0.1, 0.15) is 6.26 Å². The summed E-state index contributed by atoms with van der Waals surface area (Å²) in [6, 6.07) is 9.98. The van der Waals surface area contributed by atoms with Crippen molar-refractivity contribution in [2.45, 2.75) is 37.8 Å². The number of benzene rings is 1. The number of thioether (sulfide) groups is 1. The molecule has 0 unspecified atom stereocenters. The monoisotopic (exact) mass is 541 g/mol. The van der Waals surface area contributed by atoms with Gasteiger partial charge in [0.2, 0.25) is 5.89 Å². The zero-order chi connectivity index (χ0) is 19.9. The molecule has 0 radical (unpaired) electrons. The molecule has 1 aromatic carbocycles. The maximum Gasteiger partial charge on any atom is 0.226 e. The summed E-state index contributed by atoms with van der Waals surface area (Å²) < 4.78 is 5.63. The fraction of sp³-hybridized carbons (Fsp3) is 0.545. The van der Waals surface area contributed by atoms with Crippen LogP contribution >= 0.6 is 35.7 Å². The van der Waals surface area contributed by atoms with Crippen LogP contribution in [0.1, 0.15) is 31.4 Å². The Bertz CT molecular complexity index is 801. The number of hydrogen-bond acceptors (Lipinski definition) is 5. The molecule has 164 valence electrons. The van der Waals surface area contributed by atoms with Crippen LogP contribution in [-0.2, 0) is 6.54 Å². The van der Waals surface area contributed by atoms with Gasteiger partial charge in [-0.1, -0.05) is 31.0 Å². The van der Waals surface area contributed by atoms with E-state index in [-0.39, 0.29) is 29.5 Å². The molecule has 4 rings (SSSR count). The smallest absolute Gasteiger partial charge is 0.226 e. The fourth-order valence-electron chi connectivity index (χ4n) is 4.42. The van der Waals surface area contributed by atoms with E-state index in [1.807, 2.05) is 37.4 Å². The highest BCUT2D eigenvalue weighted by Crippen LogP contribution is 2.36. The van der Waals surface area contributed by atoms with Crippen molar-refractivity contribution in [3.05, 3.63) is 42.3 Å². The topological polar surface area (TPSA) is 65.7 Å². The molecule has 0 amide bonds. The first-order chi connectivity index (χ1) is 14.3. The van der Waals surface area contributed by atoms with E-state index in [1.165, 1.54) is 50.3 Å². The molecule has 2 aliphatic rings. The molecular formula is C22H32IN5OS. The van der Waals surface area contributed by atoms with E-state index in [0.29, 0.717) is 12.4 Å². The number of halogens is 1. The summed E-state index contributed by atoms with van der Waals surface area (Å²) in [6.45, 7) is 3.95. The lowest BCUT2D eigenvalue weighted by atomic mass is 9.94. The van der Waals surface area contributed by atoms with Crippen molar-refractivity contribution in [3.63, 3.8) is 0 Å². The number of rotatable bonds is 6. The molecule has 2 fully saturated rings. The summed E-state index contributed by atoms with van der Waals surface area (Å²) in [7, 11) is 1.83. The first kappa shape index (κ1) is 23.4. The quantitative estimate of drug-likeness (QED) is 0.328. The Morgan fingerprint density at radius 3 is 2.60 bits per heavy atom. The van der Waals surface area contributed by atoms with Crippen LogP contribution in [0.5, 0.6) is 0 Å². The highest BCUT2D eigenvalue weighted by atomic mass is 127. The Morgan fingerprint density at radius 1 is 1.17 bits per heavy atom. The van der Waals surface area contributed by atoms with Crippen LogP contribution < -0.4 is 10.6 Å². The molecule has 0 bridgehead atoms. The molecule has 1 saturated carbocycles.